The summed E-state index contributed by atoms with van der Waals surface area (Å²) in [7, 11) is 0. The third kappa shape index (κ3) is 3.59. The second-order valence-corrected chi connectivity index (χ2v) is 9.31. The maximum absolute atomic E-state index is 4.82. The van der Waals surface area contributed by atoms with Crippen LogP contribution >= 0.6 is 11.3 Å². The largest absolute Gasteiger partial charge is 0.337 e. The maximum Gasteiger partial charge on any atom is 0.157 e. The Balaban J connectivity index is 1.23. The first-order valence-electron chi connectivity index (χ1n) is 11.2. The van der Waals surface area contributed by atoms with Gasteiger partial charge in [-0.1, -0.05) is 24.3 Å². The molecular formula is C28H18N6S. The van der Waals surface area contributed by atoms with E-state index in [0.717, 1.165) is 66.0 Å². The summed E-state index contributed by atoms with van der Waals surface area (Å²) in [5.41, 5.74) is 7.87. The van der Waals surface area contributed by atoms with Crippen LogP contribution in [-0.4, -0.2) is 29.9 Å². The quantitative estimate of drug-likeness (QED) is 0.291. The highest BCUT2D eigenvalue weighted by Crippen LogP contribution is 2.34. The van der Waals surface area contributed by atoms with E-state index in [2.05, 4.69) is 62.4 Å². The number of aromatic amines is 2. The Hall–Kier alpha value is -4.62. The number of imidazole rings is 2. The molecule has 0 saturated heterocycles. The molecular weight excluding hydrogens is 452 g/mol. The fourth-order valence-corrected chi connectivity index (χ4v) is 5.16. The van der Waals surface area contributed by atoms with Gasteiger partial charge in [0.1, 0.15) is 11.5 Å². The minimum Gasteiger partial charge on any atom is -0.337 e. The van der Waals surface area contributed by atoms with E-state index in [1.807, 2.05) is 48.7 Å². The molecule has 0 radical (unpaired) electrons. The summed E-state index contributed by atoms with van der Waals surface area (Å²) in [4.78, 5) is 27.5. The van der Waals surface area contributed by atoms with Crippen molar-refractivity contribution in [2.75, 3.05) is 0 Å². The fourth-order valence-electron chi connectivity index (χ4n) is 4.23. The maximum atomic E-state index is 4.82. The summed E-state index contributed by atoms with van der Waals surface area (Å²) in [6.45, 7) is 0. The van der Waals surface area contributed by atoms with Gasteiger partial charge < -0.3 is 9.97 Å². The third-order valence-electron chi connectivity index (χ3n) is 5.96. The number of thiophene rings is 1. The summed E-state index contributed by atoms with van der Waals surface area (Å²) < 4.78 is 0. The van der Waals surface area contributed by atoms with Crippen LogP contribution in [0.4, 0.5) is 0 Å². The molecule has 0 amide bonds. The Bertz CT molecular complexity index is 1800. The predicted molar refractivity (Wildman–Crippen MR) is 141 cm³/mol. The van der Waals surface area contributed by atoms with Crippen LogP contribution in [0, 0.1) is 0 Å². The van der Waals surface area contributed by atoms with Crippen LogP contribution in [0.5, 0.6) is 0 Å². The molecule has 0 unspecified atom stereocenters. The van der Waals surface area contributed by atoms with Gasteiger partial charge >= 0.3 is 0 Å². The van der Waals surface area contributed by atoms with Crippen LogP contribution in [0.2, 0.25) is 0 Å². The van der Waals surface area contributed by atoms with E-state index in [4.69, 9.17) is 9.97 Å². The van der Waals surface area contributed by atoms with E-state index in [0.29, 0.717) is 0 Å². The van der Waals surface area contributed by atoms with E-state index in [9.17, 15) is 0 Å². The number of aromatic nitrogens is 6. The molecule has 0 aliphatic carbocycles. The fraction of sp³-hybridized carbons (Fsp3) is 0. The molecule has 7 aromatic rings. The summed E-state index contributed by atoms with van der Waals surface area (Å²) in [5.74, 6) is 1.64. The second-order valence-electron chi connectivity index (χ2n) is 8.23. The van der Waals surface area contributed by atoms with Gasteiger partial charge in [-0.3, -0.25) is 9.97 Å². The van der Waals surface area contributed by atoms with Crippen LogP contribution in [0.1, 0.15) is 0 Å². The van der Waals surface area contributed by atoms with Crippen LogP contribution in [-0.2, 0) is 0 Å². The van der Waals surface area contributed by atoms with E-state index in [-0.39, 0.29) is 0 Å². The lowest BCUT2D eigenvalue weighted by molar-refractivity contribution is 1.24. The number of hydrogen-bond acceptors (Lipinski definition) is 5. The SMILES string of the molecule is c1ccc(-c2nc3ccc(-c4ccc5nc(-c6ccc(-c7ccccn7)s6)[nH]c5c4)cc3[nH]2)nc1. The molecule has 7 heteroatoms. The molecule has 0 fully saturated rings. The van der Waals surface area contributed by atoms with Crippen LogP contribution < -0.4 is 0 Å². The molecule has 5 aromatic heterocycles. The zero-order valence-corrected chi connectivity index (χ0v) is 19.3. The predicted octanol–water partition coefficient (Wildman–Crippen LogP) is 6.96. The van der Waals surface area contributed by atoms with Crippen molar-refractivity contribution in [3.63, 3.8) is 0 Å². The second kappa shape index (κ2) is 8.00. The first-order valence-corrected chi connectivity index (χ1v) is 12.0. The smallest absolute Gasteiger partial charge is 0.157 e. The van der Waals surface area contributed by atoms with Crippen molar-refractivity contribution in [2.24, 2.45) is 0 Å². The lowest BCUT2D eigenvalue weighted by Gasteiger charge is -2.01. The van der Waals surface area contributed by atoms with Crippen molar-refractivity contribution in [2.45, 2.75) is 0 Å². The van der Waals surface area contributed by atoms with Crippen molar-refractivity contribution in [3.8, 4) is 43.9 Å². The summed E-state index contributed by atoms with van der Waals surface area (Å²) in [5, 5.41) is 0. The van der Waals surface area contributed by atoms with E-state index in [1.165, 1.54) is 0 Å². The van der Waals surface area contributed by atoms with E-state index in [1.54, 1.807) is 17.5 Å². The molecule has 0 aliphatic heterocycles. The monoisotopic (exact) mass is 470 g/mol. The number of hydrogen-bond donors (Lipinski definition) is 2. The van der Waals surface area contributed by atoms with Gasteiger partial charge in [-0.25, -0.2) is 9.97 Å². The normalized spacial score (nSPS) is 11.4. The average molecular weight is 471 g/mol. The Morgan fingerprint density at radius 3 is 1.80 bits per heavy atom. The van der Waals surface area contributed by atoms with Crippen molar-refractivity contribution < 1.29 is 0 Å². The number of fused-ring (bicyclic) bond motifs is 2. The molecule has 2 aromatic carbocycles. The zero-order valence-electron chi connectivity index (χ0n) is 18.4. The third-order valence-corrected chi connectivity index (χ3v) is 7.08. The van der Waals surface area contributed by atoms with Gasteiger partial charge in [-0.15, -0.1) is 11.3 Å². The summed E-state index contributed by atoms with van der Waals surface area (Å²) in [6, 6.07) is 28.6. The minimum absolute atomic E-state index is 0.771. The Morgan fingerprint density at radius 1 is 0.543 bits per heavy atom. The number of benzene rings is 2. The van der Waals surface area contributed by atoms with Crippen LogP contribution in [0.3, 0.4) is 0 Å². The highest BCUT2D eigenvalue weighted by Gasteiger charge is 2.12. The highest BCUT2D eigenvalue weighted by atomic mass is 32.1. The van der Waals surface area contributed by atoms with E-state index >= 15 is 0 Å². The van der Waals surface area contributed by atoms with Crippen LogP contribution in [0.25, 0.3) is 66.0 Å². The molecule has 166 valence electrons. The van der Waals surface area contributed by atoms with Gasteiger partial charge in [0.2, 0.25) is 0 Å². The molecule has 5 heterocycles. The Labute approximate surface area is 204 Å². The lowest BCUT2D eigenvalue weighted by Crippen LogP contribution is -1.82. The Kier molecular flexibility index (Phi) is 4.53. The summed E-state index contributed by atoms with van der Waals surface area (Å²) >= 11 is 1.68. The lowest BCUT2D eigenvalue weighted by atomic mass is 10.0. The van der Waals surface area contributed by atoms with Crippen molar-refractivity contribution in [3.05, 3.63) is 97.3 Å². The number of rotatable bonds is 4. The summed E-state index contributed by atoms with van der Waals surface area (Å²) in [6.07, 6.45) is 3.59. The molecule has 0 saturated carbocycles. The highest BCUT2D eigenvalue weighted by molar-refractivity contribution is 7.18. The molecule has 0 aliphatic rings. The zero-order chi connectivity index (χ0) is 23.2. The number of nitrogens with zero attached hydrogens (tertiary/aromatic N) is 4. The van der Waals surface area contributed by atoms with Crippen molar-refractivity contribution >= 4 is 33.4 Å². The average Bonchev–Trinajstić information content (AvgIpc) is 3.66. The first-order chi connectivity index (χ1) is 17.3. The molecule has 0 bridgehead atoms. The van der Waals surface area contributed by atoms with Gasteiger partial charge in [0.15, 0.2) is 5.82 Å². The Morgan fingerprint density at radius 2 is 1.14 bits per heavy atom. The molecule has 35 heavy (non-hydrogen) atoms. The topological polar surface area (TPSA) is 83.1 Å². The minimum atomic E-state index is 0.771. The van der Waals surface area contributed by atoms with Gasteiger partial charge in [0.05, 0.1) is 37.5 Å². The molecule has 0 spiro atoms. The molecule has 2 N–H and O–H groups in total. The van der Waals surface area contributed by atoms with Gasteiger partial charge in [-0.2, -0.15) is 0 Å². The van der Waals surface area contributed by atoms with E-state index < -0.39 is 0 Å². The standard InChI is InChI=1S/C28H18N6S/c1-3-13-29-21(5-1)25-11-12-26(35-25)28-32-20-10-8-18(16-24(20)34-28)17-7-9-19-23(15-17)33-27(31-19)22-6-2-4-14-30-22/h1-16H,(H,31,33)(H,32,34). The van der Waals surface area contributed by atoms with Crippen molar-refractivity contribution in [1.82, 2.24) is 29.9 Å². The van der Waals surface area contributed by atoms with Crippen molar-refractivity contribution in [1.29, 1.82) is 0 Å². The molecule has 7 rings (SSSR count). The van der Waals surface area contributed by atoms with Gasteiger partial charge in [0, 0.05) is 12.4 Å². The first kappa shape index (κ1) is 19.8. The number of nitrogens with one attached hydrogen (secondary N) is 2. The number of pyridine rings is 2. The molecule has 0 atom stereocenters. The van der Waals surface area contributed by atoms with Gasteiger partial charge in [-0.05, 0) is 71.8 Å². The number of H-pyrrole nitrogens is 2. The van der Waals surface area contributed by atoms with Gasteiger partial charge in [0.25, 0.3) is 0 Å². The van der Waals surface area contributed by atoms with Crippen LogP contribution in [0.15, 0.2) is 97.3 Å². The molecule has 6 nitrogen and oxygen atoms in total.